The number of hydrogen-bond acceptors (Lipinski definition) is 8. The summed E-state index contributed by atoms with van der Waals surface area (Å²) in [6, 6.07) is 12.2. The summed E-state index contributed by atoms with van der Waals surface area (Å²) in [5.41, 5.74) is 0.630. The predicted octanol–water partition coefficient (Wildman–Crippen LogP) is 2.52. The molecule has 0 saturated carbocycles. The van der Waals surface area contributed by atoms with Gasteiger partial charge >= 0.3 is 0 Å². The fourth-order valence-corrected chi connectivity index (χ4v) is 5.81. The molecule has 1 N–H and O–H groups in total. The van der Waals surface area contributed by atoms with Crippen LogP contribution in [0.15, 0.2) is 59.8 Å². The Balaban J connectivity index is 1.21. The summed E-state index contributed by atoms with van der Waals surface area (Å²) in [4.78, 5) is 54.4. The van der Waals surface area contributed by atoms with Crippen LogP contribution in [0.2, 0.25) is 0 Å². The zero-order valence-electron chi connectivity index (χ0n) is 22.3. The zero-order valence-corrected chi connectivity index (χ0v) is 23.2. The third-order valence-corrected chi connectivity index (χ3v) is 8.23. The van der Waals surface area contributed by atoms with E-state index in [-0.39, 0.29) is 36.3 Å². The minimum atomic E-state index is -0.349. The highest BCUT2D eigenvalue weighted by Crippen LogP contribution is 2.27. The molecule has 10 nitrogen and oxygen atoms in total. The first-order valence-corrected chi connectivity index (χ1v) is 13.8. The fourth-order valence-electron chi connectivity index (χ4n) is 4.76. The van der Waals surface area contributed by atoms with Gasteiger partial charge in [-0.1, -0.05) is 18.2 Å². The summed E-state index contributed by atoms with van der Waals surface area (Å²) in [7, 11) is 1.75. The molecule has 4 aromatic rings. The van der Waals surface area contributed by atoms with Crippen LogP contribution >= 0.6 is 11.3 Å². The summed E-state index contributed by atoms with van der Waals surface area (Å²) in [5, 5.41) is 3.19. The van der Waals surface area contributed by atoms with Crippen LogP contribution in [0, 0.1) is 12.7 Å². The molecule has 3 aromatic heterocycles. The van der Waals surface area contributed by atoms with Crippen molar-refractivity contribution in [2.24, 2.45) is 0 Å². The molecule has 0 atom stereocenters. The summed E-state index contributed by atoms with van der Waals surface area (Å²) < 4.78 is 15.3. The average molecular weight is 564 g/mol. The Morgan fingerprint density at radius 2 is 1.82 bits per heavy atom. The first-order chi connectivity index (χ1) is 19.3. The molecular formula is C28H30FN7O3S. The monoisotopic (exact) mass is 563 g/mol. The van der Waals surface area contributed by atoms with Gasteiger partial charge in [-0.3, -0.25) is 19.0 Å². The van der Waals surface area contributed by atoms with Gasteiger partial charge in [0.05, 0.1) is 22.3 Å². The van der Waals surface area contributed by atoms with Crippen molar-refractivity contribution in [3.63, 3.8) is 0 Å². The molecule has 0 unspecified atom stereocenters. The Labute approximate surface area is 234 Å². The predicted molar refractivity (Wildman–Crippen MR) is 154 cm³/mol. The molecule has 4 heterocycles. The number of pyridine rings is 1. The van der Waals surface area contributed by atoms with Crippen molar-refractivity contribution in [2.75, 3.05) is 56.1 Å². The normalized spacial score (nSPS) is 13.5. The Morgan fingerprint density at radius 3 is 2.55 bits per heavy atom. The second-order valence-corrected chi connectivity index (χ2v) is 10.6. The van der Waals surface area contributed by atoms with Crippen LogP contribution in [-0.4, -0.2) is 77.6 Å². The number of aromatic nitrogens is 3. The number of amides is 2. The molecule has 208 valence electrons. The van der Waals surface area contributed by atoms with Gasteiger partial charge in [-0.15, -0.1) is 11.3 Å². The highest BCUT2D eigenvalue weighted by atomic mass is 32.1. The summed E-state index contributed by atoms with van der Waals surface area (Å²) in [5.74, 6) is 0.0681. The van der Waals surface area contributed by atoms with Crippen molar-refractivity contribution < 1.29 is 14.0 Å². The molecule has 12 heteroatoms. The Hall–Kier alpha value is -4.32. The number of rotatable bonds is 8. The first-order valence-electron chi connectivity index (χ1n) is 13.0. The highest BCUT2D eigenvalue weighted by Gasteiger charge is 2.24. The van der Waals surface area contributed by atoms with Crippen molar-refractivity contribution in [3.05, 3.63) is 81.6 Å². The van der Waals surface area contributed by atoms with Crippen LogP contribution in [0.3, 0.4) is 0 Å². The molecule has 0 aliphatic carbocycles. The third-order valence-electron chi connectivity index (χ3n) is 7.03. The third kappa shape index (κ3) is 5.67. The number of para-hydroxylation sites is 1. The van der Waals surface area contributed by atoms with E-state index in [2.05, 4.69) is 20.2 Å². The number of likely N-dealkylation sites (N-methyl/N-ethyl adjacent to an activating group) is 1. The number of thiophene rings is 1. The highest BCUT2D eigenvalue weighted by molar-refractivity contribution is 7.20. The van der Waals surface area contributed by atoms with E-state index in [4.69, 9.17) is 0 Å². The van der Waals surface area contributed by atoms with E-state index in [0.29, 0.717) is 59.1 Å². The number of anilines is 2. The number of benzene rings is 1. The molecule has 0 bridgehead atoms. The smallest absolute Gasteiger partial charge is 0.262 e. The van der Waals surface area contributed by atoms with Crippen LogP contribution < -0.4 is 20.7 Å². The second-order valence-electron chi connectivity index (χ2n) is 9.60. The molecule has 2 amide bonds. The molecule has 0 radical (unpaired) electrons. The van der Waals surface area contributed by atoms with E-state index in [1.54, 1.807) is 48.2 Å². The van der Waals surface area contributed by atoms with Gasteiger partial charge < -0.3 is 20.0 Å². The number of halogens is 1. The van der Waals surface area contributed by atoms with Gasteiger partial charge in [0.1, 0.15) is 23.0 Å². The lowest BCUT2D eigenvalue weighted by Gasteiger charge is -2.35. The Morgan fingerprint density at radius 1 is 1.07 bits per heavy atom. The van der Waals surface area contributed by atoms with E-state index in [0.717, 1.165) is 17.2 Å². The van der Waals surface area contributed by atoms with Gasteiger partial charge in [0.25, 0.3) is 11.5 Å². The van der Waals surface area contributed by atoms with Gasteiger partial charge in [-0.25, -0.2) is 14.4 Å². The molecule has 40 heavy (non-hydrogen) atoms. The lowest BCUT2D eigenvalue weighted by molar-refractivity contribution is -0.132. The number of carbonyl (C=O) groups is 2. The number of fused-ring (bicyclic) bond motifs is 1. The van der Waals surface area contributed by atoms with E-state index in [1.165, 1.54) is 17.0 Å². The van der Waals surface area contributed by atoms with Crippen molar-refractivity contribution in [1.82, 2.24) is 24.8 Å². The molecule has 1 aromatic carbocycles. The molecular weight excluding hydrogens is 533 g/mol. The Bertz CT molecular complexity index is 1580. The maximum absolute atomic E-state index is 14.0. The lowest BCUT2D eigenvalue weighted by Crippen LogP contribution is -2.50. The molecule has 5 rings (SSSR count). The summed E-state index contributed by atoms with van der Waals surface area (Å²) in [6.07, 6.45) is 3.12. The summed E-state index contributed by atoms with van der Waals surface area (Å²) in [6.45, 7) is 4.68. The number of aryl methyl sites for hydroxylation is 1. The zero-order chi connectivity index (χ0) is 28.2. The summed E-state index contributed by atoms with van der Waals surface area (Å²) >= 11 is 1.14. The molecule has 1 aliphatic heterocycles. The number of nitrogens with one attached hydrogen (secondary N) is 1. The molecule has 1 saturated heterocycles. The molecule has 0 spiro atoms. The van der Waals surface area contributed by atoms with Crippen molar-refractivity contribution in [3.8, 4) is 0 Å². The van der Waals surface area contributed by atoms with Crippen LogP contribution in [0.5, 0.6) is 0 Å². The van der Waals surface area contributed by atoms with E-state index in [9.17, 15) is 18.8 Å². The molecule has 1 fully saturated rings. The molecule has 1 aliphatic rings. The fraction of sp³-hybridized carbons (Fsp3) is 0.321. The lowest BCUT2D eigenvalue weighted by atomic mass is 10.2. The van der Waals surface area contributed by atoms with E-state index in [1.807, 2.05) is 18.2 Å². The van der Waals surface area contributed by atoms with Gasteiger partial charge in [-0.05, 0) is 36.8 Å². The average Bonchev–Trinajstić information content (AvgIpc) is 3.32. The SMILES string of the molecule is Cc1c(C(=O)NCCN(C)c2ccccc2F)sc2ncn(CC(=O)N3CCN(c4ccccn4)CC3)c(=O)c12. The standard InChI is InChI=1S/C28H30FN7O3S/c1-19-24-27(40-25(19)26(38)31-11-12-33(2)21-8-4-3-7-20(21)29)32-18-36(28(24)39)17-23(37)35-15-13-34(14-16-35)22-9-5-6-10-30-22/h3-10,18H,11-17H2,1-2H3,(H,31,38). The van der Waals surface area contributed by atoms with Crippen molar-refractivity contribution in [2.45, 2.75) is 13.5 Å². The number of hydrogen-bond donors (Lipinski definition) is 1. The van der Waals surface area contributed by atoms with Crippen LogP contribution in [0.25, 0.3) is 10.2 Å². The van der Waals surface area contributed by atoms with Crippen LogP contribution in [0.4, 0.5) is 15.9 Å². The first kappa shape index (κ1) is 27.3. The van der Waals surface area contributed by atoms with Crippen LogP contribution in [-0.2, 0) is 11.3 Å². The number of piperazine rings is 1. The number of nitrogens with zero attached hydrogens (tertiary/aromatic N) is 6. The largest absolute Gasteiger partial charge is 0.370 e. The Kier molecular flexibility index (Phi) is 8.06. The van der Waals surface area contributed by atoms with Crippen LogP contribution in [0.1, 0.15) is 15.2 Å². The topological polar surface area (TPSA) is 104 Å². The van der Waals surface area contributed by atoms with Gasteiger partial charge in [0, 0.05) is 52.5 Å². The quantitative estimate of drug-likeness (QED) is 0.351. The maximum Gasteiger partial charge on any atom is 0.262 e. The minimum Gasteiger partial charge on any atom is -0.370 e. The van der Waals surface area contributed by atoms with Gasteiger partial charge in [-0.2, -0.15) is 0 Å². The van der Waals surface area contributed by atoms with E-state index < -0.39 is 0 Å². The minimum absolute atomic E-state index is 0.120. The second kappa shape index (κ2) is 11.8. The van der Waals surface area contributed by atoms with Gasteiger partial charge in [0.15, 0.2) is 0 Å². The maximum atomic E-state index is 14.0. The number of carbonyl (C=O) groups excluding carboxylic acids is 2. The van der Waals surface area contributed by atoms with E-state index >= 15 is 0 Å². The van der Waals surface area contributed by atoms with Crippen molar-refractivity contribution in [1.29, 1.82) is 0 Å². The van der Waals surface area contributed by atoms with Gasteiger partial charge in [0.2, 0.25) is 5.91 Å². The van der Waals surface area contributed by atoms with Crippen molar-refractivity contribution >= 4 is 44.9 Å².